The summed E-state index contributed by atoms with van der Waals surface area (Å²) >= 11 is 0. The second kappa shape index (κ2) is 7.87. The maximum atomic E-state index is 12.6. The van der Waals surface area contributed by atoms with Crippen LogP contribution in [0.25, 0.3) is 0 Å². The molecule has 1 saturated heterocycles. The maximum Gasteiger partial charge on any atom is 0.339 e. The first-order valence-corrected chi connectivity index (χ1v) is 9.70. The number of H-pyrrole nitrogens is 1. The van der Waals surface area contributed by atoms with Gasteiger partial charge in [-0.15, -0.1) is 0 Å². The van der Waals surface area contributed by atoms with Crippen LogP contribution in [0.1, 0.15) is 32.1 Å². The molecule has 146 valence electrons. The van der Waals surface area contributed by atoms with Gasteiger partial charge in [0.2, 0.25) is 0 Å². The highest BCUT2D eigenvalue weighted by Crippen LogP contribution is 2.20. The standard InChI is InChI=1S/C16H26N4O5S/c1-11-14(16(22)25-5)12(2)17-15(11)13(21)10-19-6-8-20(9-7-19)26(23,24)18(3)4/h17H,6-10H2,1-5H3. The zero-order chi connectivity index (χ0) is 19.6. The van der Waals surface area contributed by atoms with Crippen molar-refractivity contribution in [3.8, 4) is 0 Å². The van der Waals surface area contributed by atoms with Gasteiger partial charge in [-0.05, 0) is 19.4 Å². The van der Waals surface area contributed by atoms with Crippen molar-refractivity contribution >= 4 is 22.0 Å². The van der Waals surface area contributed by atoms with Gasteiger partial charge in [0.25, 0.3) is 10.2 Å². The second-order valence-corrected chi connectivity index (χ2v) is 8.65. The van der Waals surface area contributed by atoms with Crippen LogP contribution in [0.2, 0.25) is 0 Å². The van der Waals surface area contributed by atoms with Crippen molar-refractivity contribution in [3.05, 3.63) is 22.5 Å². The predicted molar refractivity (Wildman–Crippen MR) is 96.6 cm³/mol. The Morgan fingerprint density at radius 1 is 1.15 bits per heavy atom. The zero-order valence-corrected chi connectivity index (χ0v) is 16.6. The van der Waals surface area contributed by atoms with Crippen LogP contribution in [0.15, 0.2) is 0 Å². The molecule has 2 heterocycles. The number of piperazine rings is 1. The van der Waals surface area contributed by atoms with Gasteiger partial charge < -0.3 is 9.72 Å². The highest BCUT2D eigenvalue weighted by atomic mass is 32.2. The summed E-state index contributed by atoms with van der Waals surface area (Å²) in [6.45, 7) is 5.22. The number of nitrogens with one attached hydrogen (secondary N) is 1. The lowest BCUT2D eigenvalue weighted by atomic mass is 10.1. The Morgan fingerprint density at radius 3 is 2.23 bits per heavy atom. The molecular weight excluding hydrogens is 360 g/mol. The number of ether oxygens (including phenoxy) is 1. The van der Waals surface area contributed by atoms with Gasteiger partial charge in [0.15, 0.2) is 5.78 Å². The molecule has 0 aliphatic carbocycles. The summed E-state index contributed by atoms with van der Waals surface area (Å²) in [5, 5.41) is 0. The summed E-state index contributed by atoms with van der Waals surface area (Å²) in [6.07, 6.45) is 0. The molecule has 0 atom stereocenters. The Kier molecular flexibility index (Phi) is 6.22. The lowest BCUT2D eigenvalue weighted by Gasteiger charge is -2.34. The van der Waals surface area contributed by atoms with Crippen molar-refractivity contribution in [1.29, 1.82) is 0 Å². The molecule has 1 aliphatic heterocycles. The average Bonchev–Trinajstić information content (AvgIpc) is 2.89. The second-order valence-electron chi connectivity index (χ2n) is 6.51. The largest absolute Gasteiger partial charge is 0.465 e. The molecule has 26 heavy (non-hydrogen) atoms. The molecule has 0 radical (unpaired) electrons. The van der Waals surface area contributed by atoms with E-state index < -0.39 is 16.2 Å². The number of ketones is 1. The number of carbonyl (C=O) groups excluding carboxylic acids is 2. The molecule has 9 nitrogen and oxygen atoms in total. The third kappa shape index (κ3) is 3.98. The Morgan fingerprint density at radius 2 is 1.73 bits per heavy atom. The van der Waals surface area contributed by atoms with E-state index in [9.17, 15) is 18.0 Å². The molecule has 10 heteroatoms. The van der Waals surface area contributed by atoms with Gasteiger partial charge >= 0.3 is 5.97 Å². The molecule has 0 amide bonds. The molecule has 0 bridgehead atoms. The van der Waals surface area contributed by atoms with Gasteiger partial charge in [-0.25, -0.2) is 4.79 Å². The molecular formula is C16H26N4O5S. The number of esters is 1. The summed E-state index contributed by atoms with van der Waals surface area (Å²) < 4.78 is 31.6. The highest BCUT2D eigenvalue weighted by Gasteiger charge is 2.30. The van der Waals surface area contributed by atoms with E-state index in [2.05, 4.69) is 4.98 Å². The number of methoxy groups -OCH3 is 1. The number of nitrogens with zero attached hydrogens (tertiary/aromatic N) is 3. The fourth-order valence-corrected chi connectivity index (χ4v) is 4.16. The molecule has 1 aromatic rings. The van der Waals surface area contributed by atoms with E-state index in [1.54, 1.807) is 13.8 Å². The number of aromatic amines is 1. The van der Waals surface area contributed by atoms with Crippen LogP contribution in [0.4, 0.5) is 0 Å². The van der Waals surface area contributed by atoms with E-state index in [0.717, 1.165) is 0 Å². The fourth-order valence-electron chi connectivity index (χ4n) is 3.07. The monoisotopic (exact) mass is 386 g/mol. The average molecular weight is 386 g/mol. The third-order valence-electron chi connectivity index (χ3n) is 4.59. The first-order chi connectivity index (χ1) is 12.1. The minimum Gasteiger partial charge on any atom is -0.465 e. The van der Waals surface area contributed by atoms with Crippen molar-refractivity contribution in [2.24, 2.45) is 0 Å². The lowest BCUT2D eigenvalue weighted by Crippen LogP contribution is -2.52. The Hall–Kier alpha value is -1.75. The first-order valence-electron chi connectivity index (χ1n) is 8.30. The summed E-state index contributed by atoms with van der Waals surface area (Å²) in [5.74, 6) is -0.609. The van der Waals surface area contributed by atoms with Crippen molar-refractivity contribution in [3.63, 3.8) is 0 Å². The number of aromatic nitrogens is 1. The predicted octanol–water partition coefficient (Wildman–Crippen LogP) is 0.0248. The van der Waals surface area contributed by atoms with Gasteiger partial charge in [-0.3, -0.25) is 9.69 Å². The van der Waals surface area contributed by atoms with Crippen molar-refractivity contribution < 1.29 is 22.7 Å². The number of rotatable bonds is 6. The third-order valence-corrected chi connectivity index (χ3v) is 6.53. The van der Waals surface area contributed by atoms with E-state index in [-0.39, 0.29) is 12.3 Å². The van der Waals surface area contributed by atoms with Gasteiger partial charge in [-0.1, -0.05) is 0 Å². The van der Waals surface area contributed by atoms with Crippen LogP contribution in [0, 0.1) is 13.8 Å². The summed E-state index contributed by atoms with van der Waals surface area (Å²) in [6, 6.07) is 0. The smallest absolute Gasteiger partial charge is 0.339 e. The van der Waals surface area contributed by atoms with E-state index in [1.807, 2.05) is 4.90 Å². The molecule has 0 aromatic carbocycles. The Labute approximate surface area is 154 Å². The van der Waals surface area contributed by atoms with Crippen LogP contribution in [-0.4, -0.2) is 92.6 Å². The number of hydrogen-bond acceptors (Lipinski definition) is 6. The van der Waals surface area contributed by atoms with Crippen LogP contribution in [0.5, 0.6) is 0 Å². The van der Waals surface area contributed by atoms with E-state index in [0.29, 0.717) is 48.7 Å². The minimum absolute atomic E-state index is 0.135. The van der Waals surface area contributed by atoms with Gasteiger partial charge in [-0.2, -0.15) is 17.0 Å². The molecule has 0 spiro atoms. The van der Waals surface area contributed by atoms with Crippen LogP contribution in [0.3, 0.4) is 0 Å². The molecule has 0 saturated carbocycles. The molecule has 1 N–H and O–H groups in total. The van der Waals surface area contributed by atoms with Crippen molar-refractivity contribution in [1.82, 2.24) is 18.5 Å². The minimum atomic E-state index is -3.43. The highest BCUT2D eigenvalue weighted by molar-refractivity contribution is 7.86. The number of aryl methyl sites for hydroxylation is 1. The van der Waals surface area contributed by atoms with Crippen molar-refractivity contribution in [2.45, 2.75) is 13.8 Å². The van der Waals surface area contributed by atoms with E-state index in [4.69, 9.17) is 4.74 Å². The molecule has 2 rings (SSSR count). The quantitative estimate of drug-likeness (QED) is 0.546. The normalized spacial score (nSPS) is 16.8. The molecule has 1 fully saturated rings. The Bertz CT molecular complexity index is 792. The zero-order valence-electron chi connectivity index (χ0n) is 15.8. The molecule has 1 aromatic heterocycles. The Balaban J connectivity index is 2.03. The van der Waals surface area contributed by atoms with Gasteiger partial charge in [0.1, 0.15) is 0 Å². The van der Waals surface area contributed by atoms with Crippen LogP contribution >= 0.6 is 0 Å². The summed E-state index contributed by atoms with van der Waals surface area (Å²) in [4.78, 5) is 29.4. The molecule has 1 aliphatic rings. The number of Topliss-reactive ketones (excluding diaryl/α,β-unsaturated/α-hetero) is 1. The van der Waals surface area contributed by atoms with Crippen molar-refractivity contribution in [2.75, 3.05) is 53.9 Å². The summed E-state index contributed by atoms with van der Waals surface area (Å²) in [7, 11) is 0.876. The number of carbonyl (C=O) groups is 2. The first kappa shape index (κ1) is 20.6. The van der Waals surface area contributed by atoms with Crippen LogP contribution in [-0.2, 0) is 14.9 Å². The van der Waals surface area contributed by atoms with Crippen LogP contribution < -0.4 is 0 Å². The van der Waals surface area contributed by atoms with Gasteiger partial charge in [0.05, 0.1) is 24.9 Å². The maximum absolute atomic E-state index is 12.6. The van der Waals surface area contributed by atoms with E-state index in [1.165, 1.54) is 29.8 Å². The van der Waals surface area contributed by atoms with Gasteiger partial charge in [0, 0.05) is 46.0 Å². The fraction of sp³-hybridized carbons (Fsp3) is 0.625. The molecule has 0 unspecified atom stereocenters. The SMILES string of the molecule is COC(=O)c1c(C)[nH]c(C(=O)CN2CCN(S(=O)(=O)N(C)C)CC2)c1C. The topological polar surface area (TPSA) is 103 Å². The lowest BCUT2D eigenvalue weighted by molar-refractivity contribution is 0.0599. The number of hydrogen-bond donors (Lipinski definition) is 1. The van der Waals surface area contributed by atoms with E-state index >= 15 is 0 Å². The summed E-state index contributed by atoms with van der Waals surface area (Å²) in [5.41, 5.74) is 1.96.